The van der Waals surface area contributed by atoms with Crippen molar-refractivity contribution in [2.75, 3.05) is 0 Å². The highest BCUT2D eigenvalue weighted by atomic mass is 35.5. The number of hydrogen-bond donors (Lipinski definition) is 0. The molecule has 0 heterocycles. The molecule has 1 aliphatic carbocycles. The van der Waals surface area contributed by atoms with Crippen molar-refractivity contribution in [2.45, 2.75) is 12.8 Å². The second-order valence-electron chi connectivity index (χ2n) is 4.81. The molecule has 0 N–H and O–H groups in total. The minimum absolute atomic E-state index is 0.176. The lowest BCUT2D eigenvalue weighted by molar-refractivity contribution is -0.113. The Labute approximate surface area is 127 Å². The first kappa shape index (κ1) is 13.4. The molecule has 0 amide bonds. The summed E-state index contributed by atoms with van der Waals surface area (Å²) in [5.74, 6) is 0.176. The normalized spacial score (nSPS) is 16.3. The smallest absolute Gasteiger partial charge is 0.163 e. The lowest BCUT2D eigenvalue weighted by Crippen LogP contribution is -2.12. The Balaban J connectivity index is 2.10. The molecule has 1 aliphatic rings. The van der Waals surface area contributed by atoms with Gasteiger partial charge in [-0.05, 0) is 41.3 Å². The molecule has 0 radical (unpaired) electrons. The zero-order valence-corrected chi connectivity index (χ0v) is 12.2. The van der Waals surface area contributed by atoms with Crippen LogP contribution in [0.3, 0.4) is 0 Å². The molecule has 0 atom stereocenters. The summed E-state index contributed by atoms with van der Waals surface area (Å²) in [6.07, 6.45) is 3.26. The monoisotopic (exact) mass is 302 g/mol. The van der Waals surface area contributed by atoms with E-state index >= 15 is 0 Å². The molecule has 0 aromatic heterocycles. The lowest BCUT2D eigenvalue weighted by Gasteiger charge is -2.17. The molecule has 0 aliphatic heterocycles. The van der Waals surface area contributed by atoms with Crippen LogP contribution in [0.25, 0.3) is 11.6 Å². The molecule has 3 rings (SSSR count). The van der Waals surface area contributed by atoms with Gasteiger partial charge in [0.2, 0.25) is 0 Å². The minimum Gasteiger partial charge on any atom is -0.294 e. The predicted molar refractivity (Wildman–Crippen MR) is 84.1 cm³/mol. The first-order valence-corrected chi connectivity index (χ1v) is 7.19. The number of benzene rings is 2. The third kappa shape index (κ3) is 2.52. The summed E-state index contributed by atoms with van der Waals surface area (Å²) >= 11 is 11.9. The summed E-state index contributed by atoms with van der Waals surface area (Å²) in [7, 11) is 0. The maximum atomic E-state index is 12.2. The van der Waals surface area contributed by atoms with Crippen LogP contribution in [0.15, 0.2) is 42.5 Å². The van der Waals surface area contributed by atoms with E-state index in [0.717, 1.165) is 23.1 Å². The lowest BCUT2D eigenvalue weighted by atomic mass is 9.85. The van der Waals surface area contributed by atoms with E-state index in [1.54, 1.807) is 12.1 Å². The number of allylic oxidation sites excluding steroid dienone is 1. The number of Topliss-reactive ketones (excluding diaryl/α,β-unsaturated/α-hetero) is 1. The molecule has 20 heavy (non-hydrogen) atoms. The molecule has 1 nitrogen and oxygen atoms in total. The summed E-state index contributed by atoms with van der Waals surface area (Å²) in [5.41, 5.74) is 3.89. The highest BCUT2D eigenvalue weighted by Gasteiger charge is 2.20. The fourth-order valence-corrected chi connectivity index (χ4v) is 2.77. The second kappa shape index (κ2) is 5.43. The van der Waals surface area contributed by atoms with Crippen molar-refractivity contribution in [3.8, 4) is 0 Å². The van der Waals surface area contributed by atoms with E-state index in [1.165, 1.54) is 5.56 Å². The Hall–Kier alpha value is -1.57. The van der Waals surface area contributed by atoms with Gasteiger partial charge in [-0.3, -0.25) is 4.79 Å². The van der Waals surface area contributed by atoms with Crippen molar-refractivity contribution in [3.05, 3.63) is 69.2 Å². The van der Waals surface area contributed by atoms with Gasteiger partial charge in [0.05, 0.1) is 10.0 Å². The molecule has 3 heteroatoms. The predicted octanol–water partition coefficient (Wildman–Crippen LogP) is 5.05. The van der Waals surface area contributed by atoms with Gasteiger partial charge in [-0.25, -0.2) is 0 Å². The van der Waals surface area contributed by atoms with E-state index in [9.17, 15) is 4.79 Å². The molecule has 0 bridgehead atoms. The van der Waals surface area contributed by atoms with Crippen molar-refractivity contribution in [1.82, 2.24) is 0 Å². The van der Waals surface area contributed by atoms with Crippen molar-refractivity contribution in [1.29, 1.82) is 0 Å². The number of halogens is 2. The minimum atomic E-state index is 0.176. The van der Waals surface area contributed by atoms with Crippen LogP contribution < -0.4 is 0 Å². The van der Waals surface area contributed by atoms with Crippen LogP contribution in [-0.4, -0.2) is 5.78 Å². The van der Waals surface area contributed by atoms with Crippen LogP contribution in [0.1, 0.15) is 23.1 Å². The van der Waals surface area contributed by atoms with Gasteiger partial charge in [-0.15, -0.1) is 0 Å². The third-order valence-corrected chi connectivity index (χ3v) is 4.22. The highest BCUT2D eigenvalue weighted by Crippen LogP contribution is 2.31. The maximum absolute atomic E-state index is 12.2. The first-order chi connectivity index (χ1) is 9.65. The number of aryl methyl sites for hydroxylation is 1. The average Bonchev–Trinajstić information content (AvgIpc) is 2.46. The molecule has 2 aromatic carbocycles. The summed E-state index contributed by atoms with van der Waals surface area (Å²) < 4.78 is 0. The fraction of sp³-hybridized carbons (Fsp3) is 0.118. The summed E-state index contributed by atoms with van der Waals surface area (Å²) in [5, 5.41) is 1.02. The number of carbonyl (C=O) groups is 1. The zero-order valence-electron chi connectivity index (χ0n) is 10.7. The van der Waals surface area contributed by atoms with Gasteiger partial charge in [0.15, 0.2) is 5.78 Å². The fourth-order valence-electron chi connectivity index (χ4n) is 2.46. The van der Waals surface area contributed by atoms with E-state index in [1.807, 2.05) is 30.3 Å². The van der Waals surface area contributed by atoms with E-state index in [4.69, 9.17) is 23.2 Å². The van der Waals surface area contributed by atoms with Gasteiger partial charge in [0.25, 0.3) is 0 Å². The molecular weight excluding hydrogens is 291 g/mol. The van der Waals surface area contributed by atoms with E-state index in [0.29, 0.717) is 16.5 Å². The van der Waals surface area contributed by atoms with Crippen LogP contribution in [0.5, 0.6) is 0 Å². The van der Waals surface area contributed by atoms with Crippen molar-refractivity contribution < 1.29 is 4.79 Å². The molecule has 0 saturated heterocycles. The first-order valence-electron chi connectivity index (χ1n) is 6.43. The van der Waals surface area contributed by atoms with Crippen LogP contribution in [-0.2, 0) is 11.2 Å². The number of hydrogen-bond acceptors (Lipinski definition) is 1. The standard InChI is InChI=1S/C17H12Cl2O/c18-15-7-5-11(10-16(15)19)9-14-13-4-2-1-3-12(13)6-8-17(14)20/h1-5,7,9-10H,6,8H2/b14-9+. The van der Waals surface area contributed by atoms with Crippen LogP contribution in [0.4, 0.5) is 0 Å². The SMILES string of the molecule is O=C1CCc2ccccc2/C1=C\c1ccc(Cl)c(Cl)c1. The topological polar surface area (TPSA) is 17.1 Å². The Morgan fingerprint density at radius 3 is 2.55 bits per heavy atom. The Kier molecular flexibility index (Phi) is 3.64. The maximum Gasteiger partial charge on any atom is 0.163 e. The van der Waals surface area contributed by atoms with Gasteiger partial charge >= 0.3 is 0 Å². The van der Waals surface area contributed by atoms with Gasteiger partial charge in [0, 0.05) is 12.0 Å². The molecule has 0 spiro atoms. The molecule has 100 valence electrons. The number of carbonyl (C=O) groups excluding carboxylic acids is 1. The van der Waals surface area contributed by atoms with Gasteiger partial charge in [-0.2, -0.15) is 0 Å². The van der Waals surface area contributed by atoms with E-state index < -0.39 is 0 Å². The molecule has 0 saturated carbocycles. The molecular formula is C17H12Cl2O. The summed E-state index contributed by atoms with van der Waals surface area (Å²) in [4.78, 5) is 12.2. The van der Waals surface area contributed by atoms with Crippen LogP contribution in [0, 0.1) is 0 Å². The van der Waals surface area contributed by atoms with E-state index in [2.05, 4.69) is 6.07 Å². The van der Waals surface area contributed by atoms with Crippen LogP contribution in [0.2, 0.25) is 10.0 Å². The molecule has 0 fully saturated rings. The number of rotatable bonds is 1. The Morgan fingerprint density at radius 1 is 0.950 bits per heavy atom. The summed E-state index contributed by atoms with van der Waals surface area (Å²) in [6, 6.07) is 13.4. The average molecular weight is 303 g/mol. The third-order valence-electron chi connectivity index (χ3n) is 3.48. The Morgan fingerprint density at radius 2 is 1.75 bits per heavy atom. The zero-order chi connectivity index (χ0) is 14.1. The van der Waals surface area contributed by atoms with Crippen LogP contribution >= 0.6 is 23.2 Å². The largest absolute Gasteiger partial charge is 0.294 e. The quantitative estimate of drug-likeness (QED) is 0.674. The Bertz CT molecular complexity index is 717. The van der Waals surface area contributed by atoms with E-state index in [-0.39, 0.29) is 5.78 Å². The van der Waals surface area contributed by atoms with Crippen molar-refractivity contribution in [2.24, 2.45) is 0 Å². The van der Waals surface area contributed by atoms with Crippen molar-refractivity contribution >= 4 is 40.6 Å². The van der Waals surface area contributed by atoms with Gasteiger partial charge in [0.1, 0.15) is 0 Å². The molecule has 0 unspecified atom stereocenters. The second-order valence-corrected chi connectivity index (χ2v) is 5.63. The number of fused-ring (bicyclic) bond motifs is 1. The van der Waals surface area contributed by atoms with Gasteiger partial charge < -0.3 is 0 Å². The number of ketones is 1. The molecule has 2 aromatic rings. The summed E-state index contributed by atoms with van der Waals surface area (Å²) in [6.45, 7) is 0. The van der Waals surface area contributed by atoms with Crippen molar-refractivity contribution in [3.63, 3.8) is 0 Å². The van der Waals surface area contributed by atoms with Gasteiger partial charge in [-0.1, -0.05) is 53.5 Å². The highest BCUT2D eigenvalue weighted by molar-refractivity contribution is 6.42.